The number of carbonyl (C=O) groups is 1. The Bertz CT molecular complexity index is 244. The van der Waals surface area contributed by atoms with Crippen LogP contribution in [0.15, 0.2) is 18.5 Å². The van der Waals surface area contributed by atoms with Crippen molar-refractivity contribution in [2.24, 2.45) is 11.6 Å². The zero-order valence-electron chi connectivity index (χ0n) is 6.58. The first-order chi connectivity index (χ1) is 5.74. The zero-order valence-corrected chi connectivity index (χ0v) is 6.58. The molecule has 0 aliphatic carbocycles. The number of hydrazine groups is 1. The van der Waals surface area contributed by atoms with Crippen LogP contribution in [0.4, 0.5) is 0 Å². The molecule has 1 aromatic rings. The minimum absolute atomic E-state index is 0.351. The van der Waals surface area contributed by atoms with Gasteiger partial charge in [-0.1, -0.05) is 0 Å². The Balaban J connectivity index is 2.47. The number of nitrogens with two attached hydrogens (primary N) is 2. The molecule has 1 rings (SSSR count). The SMILES string of the molecule is NNC(=O)C(N)Cc1cc[nH]c1. The molecule has 0 aromatic carbocycles. The molecule has 0 radical (unpaired) electrons. The third-order valence-corrected chi connectivity index (χ3v) is 1.60. The highest BCUT2D eigenvalue weighted by Crippen LogP contribution is 1.99. The molecule has 0 bridgehead atoms. The molecular formula is C7H12N4O. The monoisotopic (exact) mass is 168 g/mol. The van der Waals surface area contributed by atoms with Gasteiger partial charge in [-0.25, -0.2) is 5.84 Å². The third-order valence-electron chi connectivity index (χ3n) is 1.60. The van der Waals surface area contributed by atoms with E-state index in [2.05, 4.69) is 4.98 Å². The van der Waals surface area contributed by atoms with E-state index < -0.39 is 6.04 Å². The number of aromatic amines is 1. The van der Waals surface area contributed by atoms with E-state index in [1.807, 2.05) is 11.5 Å². The molecule has 0 aliphatic heterocycles. The maximum Gasteiger partial charge on any atom is 0.251 e. The maximum absolute atomic E-state index is 10.9. The Morgan fingerprint density at radius 2 is 2.50 bits per heavy atom. The minimum Gasteiger partial charge on any atom is -0.367 e. The predicted molar refractivity (Wildman–Crippen MR) is 44.8 cm³/mol. The van der Waals surface area contributed by atoms with Crippen LogP contribution < -0.4 is 17.0 Å². The van der Waals surface area contributed by atoms with E-state index in [4.69, 9.17) is 11.6 Å². The van der Waals surface area contributed by atoms with Crippen LogP contribution in [0.25, 0.3) is 0 Å². The zero-order chi connectivity index (χ0) is 8.97. The van der Waals surface area contributed by atoms with Gasteiger partial charge in [0.05, 0.1) is 6.04 Å². The smallest absolute Gasteiger partial charge is 0.251 e. The van der Waals surface area contributed by atoms with Crippen LogP contribution in [0.1, 0.15) is 5.56 Å². The summed E-state index contributed by atoms with van der Waals surface area (Å²) in [6.07, 6.45) is 4.07. The quantitative estimate of drug-likeness (QED) is 0.261. The maximum atomic E-state index is 10.9. The topological polar surface area (TPSA) is 96.9 Å². The third kappa shape index (κ3) is 2.08. The van der Waals surface area contributed by atoms with Gasteiger partial charge in [-0.3, -0.25) is 10.2 Å². The number of H-pyrrole nitrogens is 1. The first kappa shape index (κ1) is 8.76. The highest BCUT2D eigenvalue weighted by Gasteiger charge is 2.11. The van der Waals surface area contributed by atoms with Gasteiger partial charge in [0.15, 0.2) is 0 Å². The van der Waals surface area contributed by atoms with Gasteiger partial charge in [0.1, 0.15) is 0 Å². The van der Waals surface area contributed by atoms with E-state index in [0.717, 1.165) is 5.56 Å². The van der Waals surface area contributed by atoms with Gasteiger partial charge >= 0.3 is 0 Å². The van der Waals surface area contributed by atoms with Gasteiger partial charge in [-0.2, -0.15) is 0 Å². The van der Waals surface area contributed by atoms with Crippen molar-refractivity contribution in [3.8, 4) is 0 Å². The van der Waals surface area contributed by atoms with Crippen LogP contribution in [0.2, 0.25) is 0 Å². The number of nitrogens with one attached hydrogen (secondary N) is 2. The second-order valence-electron chi connectivity index (χ2n) is 2.54. The van der Waals surface area contributed by atoms with Crippen LogP contribution in [0.3, 0.4) is 0 Å². The molecule has 0 saturated carbocycles. The first-order valence-electron chi connectivity index (χ1n) is 3.61. The molecule has 1 heterocycles. The Morgan fingerprint density at radius 3 is 3.00 bits per heavy atom. The summed E-state index contributed by atoms with van der Waals surface area (Å²) in [5.74, 6) is 4.56. The fourth-order valence-electron chi connectivity index (χ4n) is 0.939. The summed E-state index contributed by atoms with van der Waals surface area (Å²) in [5, 5.41) is 0. The number of hydrogen-bond donors (Lipinski definition) is 4. The molecular weight excluding hydrogens is 156 g/mol. The lowest BCUT2D eigenvalue weighted by molar-refractivity contribution is -0.122. The number of amides is 1. The number of aromatic nitrogens is 1. The van der Waals surface area contributed by atoms with E-state index in [1.165, 1.54) is 0 Å². The minimum atomic E-state index is -0.578. The molecule has 0 spiro atoms. The summed E-state index contributed by atoms with van der Waals surface area (Å²) >= 11 is 0. The van der Waals surface area contributed by atoms with Crippen molar-refractivity contribution in [2.45, 2.75) is 12.5 Å². The standard InChI is InChI=1S/C7H12N4O/c8-6(7(12)11-9)3-5-1-2-10-4-5/h1-2,4,6,10H,3,8-9H2,(H,11,12). The lowest BCUT2D eigenvalue weighted by Gasteiger charge is -2.07. The van der Waals surface area contributed by atoms with Crippen molar-refractivity contribution in [1.82, 2.24) is 10.4 Å². The van der Waals surface area contributed by atoms with E-state index >= 15 is 0 Å². The molecule has 12 heavy (non-hydrogen) atoms. The lowest BCUT2D eigenvalue weighted by Crippen LogP contribution is -2.45. The second-order valence-corrected chi connectivity index (χ2v) is 2.54. The average Bonchev–Trinajstić information content (AvgIpc) is 2.55. The van der Waals surface area contributed by atoms with E-state index in [1.54, 1.807) is 12.4 Å². The van der Waals surface area contributed by atoms with Crippen LogP contribution in [0, 0.1) is 0 Å². The fourth-order valence-corrected chi connectivity index (χ4v) is 0.939. The summed E-state index contributed by atoms with van der Waals surface area (Å²) in [4.78, 5) is 13.7. The van der Waals surface area contributed by atoms with Crippen LogP contribution in [-0.4, -0.2) is 16.9 Å². The van der Waals surface area contributed by atoms with Crippen molar-refractivity contribution in [1.29, 1.82) is 0 Å². The molecule has 0 saturated heterocycles. The predicted octanol–water partition coefficient (Wildman–Crippen LogP) is -1.13. The summed E-state index contributed by atoms with van der Waals surface area (Å²) in [6, 6.07) is 1.29. The Hall–Kier alpha value is -1.33. The van der Waals surface area contributed by atoms with Crippen molar-refractivity contribution in [2.75, 3.05) is 0 Å². The van der Waals surface area contributed by atoms with Crippen molar-refractivity contribution >= 4 is 5.91 Å². The molecule has 1 amide bonds. The van der Waals surface area contributed by atoms with Crippen LogP contribution in [-0.2, 0) is 11.2 Å². The fraction of sp³-hybridized carbons (Fsp3) is 0.286. The van der Waals surface area contributed by atoms with Gasteiger partial charge in [0.25, 0.3) is 5.91 Å². The number of carbonyl (C=O) groups excluding carboxylic acids is 1. The van der Waals surface area contributed by atoms with Crippen LogP contribution >= 0.6 is 0 Å². The first-order valence-corrected chi connectivity index (χ1v) is 3.61. The molecule has 1 atom stereocenters. The molecule has 5 nitrogen and oxygen atoms in total. The normalized spacial score (nSPS) is 12.5. The summed E-state index contributed by atoms with van der Waals surface area (Å²) in [7, 11) is 0. The van der Waals surface area contributed by atoms with Gasteiger partial charge < -0.3 is 10.7 Å². The molecule has 66 valence electrons. The van der Waals surface area contributed by atoms with Crippen LogP contribution in [0.5, 0.6) is 0 Å². The van der Waals surface area contributed by atoms with E-state index in [9.17, 15) is 4.79 Å². The summed E-state index contributed by atoms with van der Waals surface area (Å²) in [6.45, 7) is 0. The molecule has 0 aliphatic rings. The number of rotatable bonds is 3. The lowest BCUT2D eigenvalue weighted by atomic mass is 10.1. The highest BCUT2D eigenvalue weighted by molar-refractivity contribution is 5.81. The Labute approximate surface area is 70.1 Å². The second kappa shape index (κ2) is 3.89. The van der Waals surface area contributed by atoms with E-state index in [0.29, 0.717) is 6.42 Å². The molecule has 6 N–H and O–H groups in total. The van der Waals surface area contributed by atoms with Crippen molar-refractivity contribution in [3.63, 3.8) is 0 Å². The van der Waals surface area contributed by atoms with Crippen molar-refractivity contribution in [3.05, 3.63) is 24.0 Å². The Morgan fingerprint density at radius 1 is 1.75 bits per heavy atom. The summed E-state index contributed by atoms with van der Waals surface area (Å²) < 4.78 is 0. The highest BCUT2D eigenvalue weighted by atomic mass is 16.2. The molecule has 0 fully saturated rings. The molecule has 5 heteroatoms. The summed E-state index contributed by atoms with van der Waals surface area (Å²) in [5.41, 5.74) is 8.51. The molecule has 1 aromatic heterocycles. The Kier molecular flexibility index (Phi) is 2.84. The average molecular weight is 168 g/mol. The van der Waals surface area contributed by atoms with Gasteiger partial charge in [-0.05, 0) is 18.1 Å². The van der Waals surface area contributed by atoms with Gasteiger partial charge in [0.2, 0.25) is 0 Å². The van der Waals surface area contributed by atoms with Crippen molar-refractivity contribution < 1.29 is 4.79 Å². The van der Waals surface area contributed by atoms with Gasteiger partial charge in [0, 0.05) is 12.4 Å². The molecule has 1 unspecified atom stereocenters. The van der Waals surface area contributed by atoms with E-state index in [-0.39, 0.29) is 5.91 Å². The van der Waals surface area contributed by atoms with Gasteiger partial charge in [-0.15, -0.1) is 0 Å². The largest absolute Gasteiger partial charge is 0.367 e. The number of hydrogen-bond acceptors (Lipinski definition) is 3.